The Morgan fingerprint density at radius 3 is 2.94 bits per heavy atom. The van der Waals surface area contributed by atoms with Gasteiger partial charge in [-0.2, -0.15) is 9.64 Å². The topological polar surface area (TPSA) is 65.9 Å². The lowest BCUT2D eigenvalue weighted by Gasteiger charge is -2.37. The molecule has 1 aliphatic rings. The molecule has 1 saturated heterocycles. The zero-order chi connectivity index (χ0) is 11.7. The second-order valence-electron chi connectivity index (χ2n) is 4.53. The van der Waals surface area contributed by atoms with Gasteiger partial charge in [0.05, 0.1) is 0 Å². The monoisotopic (exact) mass is 236 g/mol. The number of piperidine rings is 1. The summed E-state index contributed by atoms with van der Waals surface area (Å²) in [6.07, 6.45) is 2.34. The zero-order valence-electron chi connectivity index (χ0n) is 9.60. The van der Waals surface area contributed by atoms with E-state index < -0.39 is 0 Å². The van der Waals surface area contributed by atoms with Crippen LogP contribution in [0.4, 0.5) is 10.8 Å². The van der Waals surface area contributed by atoms with Crippen LogP contribution in [0.25, 0.3) is 0 Å². The highest BCUT2D eigenvalue weighted by atomic mass is 32.1. The van der Waals surface area contributed by atoms with Crippen molar-refractivity contribution in [1.29, 1.82) is 5.26 Å². The first-order valence-electron chi connectivity index (χ1n) is 5.55. The highest BCUT2D eigenvalue weighted by molar-refractivity contribution is 7.10. The van der Waals surface area contributed by atoms with Crippen molar-refractivity contribution in [3.63, 3.8) is 0 Å². The van der Waals surface area contributed by atoms with E-state index >= 15 is 0 Å². The van der Waals surface area contributed by atoms with Crippen LogP contribution >= 0.6 is 11.5 Å². The Kier molecular flexibility index (Phi) is 3.01. The van der Waals surface area contributed by atoms with Gasteiger partial charge in [0.15, 0.2) is 5.82 Å². The fraction of sp³-hybridized carbons (Fsp3) is 0.636. The van der Waals surface area contributed by atoms with Crippen molar-refractivity contribution in [2.24, 2.45) is 5.92 Å². The van der Waals surface area contributed by atoms with E-state index in [0.717, 1.165) is 17.5 Å². The van der Waals surface area contributed by atoms with E-state index in [0.29, 0.717) is 17.4 Å². The molecule has 0 radical (unpaired) electrons. The number of nitrogens with two attached hydrogens (primary N) is 1. The van der Waals surface area contributed by atoms with Gasteiger partial charge in [0.2, 0.25) is 0 Å². The van der Waals surface area contributed by atoms with Crippen LogP contribution in [-0.2, 0) is 0 Å². The Morgan fingerprint density at radius 2 is 2.31 bits per heavy atom. The number of hydrogen-bond donors (Lipinski definition) is 1. The summed E-state index contributed by atoms with van der Waals surface area (Å²) in [4.78, 5) is 2.27. The lowest BCUT2D eigenvalue weighted by Crippen LogP contribution is -2.40. The molecule has 1 aromatic heterocycles. The molecule has 86 valence electrons. The molecule has 2 N–H and O–H groups in total. The smallest absolute Gasteiger partial charge is 0.157 e. The van der Waals surface area contributed by atoms with E-state index in [-0.39, 0.29) is 0 Å². The van der Waals surface area contributed by atoms with E-state index in [1.54, 1.807) is 0 Å². The molecule has 0 saturated carbocycles. The molecule has 0 spiro atoms. The van der Waals surface area contributed by atoms with Crippen molar-refractivity contribution in [1.82, 2.24) is 4.37 Å². The fourth-order valence-corrected chi connectivity index (χ4v) is 3.20. The predicted molar refractivity (Wildman–Crippen MR) is 66.4 cm³/mol. The maximum Gasteiger partial charge on any atom is 0.157 e. The number of nitrogen functional groups attached to an aromatic ring is 1. The number of nitrogens with zero attached hydrogens (tertiary/aromatic N) is 3. The first-order chi connectivity index (χ1) is 7.63. The van der Waals surface area contributed by atoms with Gasteiger partial charge in [-0.05, 0) is 37.2 Å². The summed E-state index contributed by atoms with van der Waals surface area (Å²) in [5.41, 5.74) is 6.23. The number of hydrogen-bond acceptors (Lipinski definition) is 5. The van der Waals surface area contributed by atoms with E-state index in [4.69, 9.17) is 11.0 Å². The maximum atomic E-state index is 9.07. The van der Waals surface area contributed by atoms with Gasteiger partial charge < -0.3 is 10.6 Å². The molecule has 1 aliphatic heterocycles. The van der Waals surface area contributed by atoms with Gasteiger partial charge in [-0.25, -0.2) is 0 Å². The van der Waals surface area contributed by atoms with Crippen LogP contribution in [0, 0.1) is 17.2 Å². The van der Waals surface area contributed by atoms with Crippen LogP contribution in [0.2, 0.25) is 0 Å². The third kappa shape index (κ3) is 1.85. The van der Waals surface area contributed by atoms with Crippen molar-refractivity contribution in [3.05, 3.63) is 5.56 Å². The Labute approximate surface area is 99.8 Å². The van der Waals surface area contributed by atoms with Crippen molar-refractivity contribution in [2.75, 3.05) is 17.2 Å². The Balaban J connectivity index is 2.27. The Bertz CT molecular complexity index is 420. The van der Waals surface area contributed by atoms with Crippen LogP contribution < -0.4 is 10.6 Å². The summed E-state index contributed by atoms with van der Waals surface area (Å²) in [6, 6.07) is 2.62. The number of anilines is 2. The van der Waals surface area contributed by atoms with Gasteiger partial charge in [-0.15, -0.1) is 0 Å². The second kappa shape index (κ2) is 4.30. The minimum atomic E-state index is 0.369. The molecule has 2 heterocycles. The van der Waals surface area contributed by atoms with Gasteiger partial charge in [-0.3, -0.25) is 0 Å². The van der Waals surface area contributed by atoms with Crippen molar-refractivity contribution in [2.45, 2.75) is 32.7 Å². The molecule has 0 amide bonds. The molecule has 5 heteroatoms. The lowest BCUT2D eigenvalue weighted by molar-refractivity contribution is 0.379. The predicted octanol–water partition coefficient (Wildman–Crippen LogP) is 2.22. The van der Waals surface area contributed by atoms with Crippen LogP contribution in [-0.4, -0.2) is 17.0 Å². The molecule has 16 heavy (non-hydrogen) atoms. The summed E-state index contributed by atoms with van der Waals surface area (Å²) >= 11 is 1.34. The van der Waals surface area contributed by atoms with E-state index in [1.807, 2.05) is 0 Å². The molecule has 4 nitrogen and oxygen atoms in total. The molecular formula is C11H16N4S. The minimum Gasteiger partial charge on any atom is -0.382 e. The third-order valence-electron chi connectivity index (χ3n) is 3.21. The fourth-order valence-electron chi connectivity index (χ4n) is 2.30. The van der Waals surface area contributed by atoms with Gasteiger partial charge in [-0.1, -0.05) is 6.92 Å². The zero-order valence-corrected chi connectivity index (χ0v) is 10.4. The standard InChI is InChI=1S/C11H16N4S/c1-7-3-4-15(8(2)5-7)11-9(6-12)10(13)14-16-11/h7-8H,3-5H2,1-2H3,(H2,13,14). The molecule has 2 atom stereocenters. The highest BCUT2D eigenvalue weighted by Crippen LogP contribution is 2.35. The second-order valence-corrected chi connectivity index (χ2v) is 5.28. The third-order valence-corrected chi connectivity index (χ3v) is 4.11. The van der Waals surface area contributed by atoms with Crippen molar-refractivity contribution < 1.29 is 0 Å². The summed E-state index contributed by atoms with van der Waals surface area (Å²) in [7, 11) is 0. The molecule has 0 aliphatic carbocycles. The molecule has 2 unspecified atom stereocenters. The quantitative estimate of drug-likeness (QED) is 0.812. The Hall–Kier alpha value is -1.28. The summed E-state index contributed by atoms with van der Waals surface area (Å²) in [5, 5.41) is 10.0. The molecule has 0 aromatic carbocycles. The molecule has 1 fully saturated rings. The molecule has 0 bridgehead atoms. The summed E-state index contributed by atoms with van der Waals surface area (Å²) in [5.74, 6) is 1.13. The summed E-state index contributed by atoms with van der Waals surface area (Å²) in [6.45, 7) is 5.48. The van der Waals surface area contributed by atoms with Crippen LogP contribution in [0.1, 0.15) is 32.3 Å². The number of nitriles is 1. The maximum absolute atomic E-state index is 9.07. The lowest BCUT2D eigenvalue weighted by atomic mass is 9.93. The van der Waals surface area contributed by atoms with Gasteiger partial charge >= 0.3 is 0 Å². The average Bonchev–Trinajstić information content (AvgIpc) is 2.59. The van der Waals surface area contributed by atoms with E-state index in [9.17, 15) is 0 Å². The number of rotatable bonds is 1. The van der Waals surface area contributed by atoms with Gasteiger partial charge in [0.1, 0.15) is 16.6 Å². The minimum absolute atomic E-state index is 0.369. The van der Waals surface area contributed by atoms with Crippen LogP contribution in [0.15, 0.2) is 0 Å². The number of aromatic nitrogens is 1. The summed E-state index contributed by atoms with van der Waals surface area (Å²) < 4.78 is 4.07. The van der Waals surface area contributed by atoms with Crippen molar-refractivity contribution >= 4 is 22.4 Å². The van der Waals surface area contributed by atoms with Gasteiger partial charge in [0.25, 0.3) is 0 Å². The van der Waals surface area contributed by atoms with Crippen LogP contribution in [0.5, 0.6) is 0 Å². The first-order valence-corrected chi connectivity index (χ1v) is 6.32. The van der Waals surface area contributed by atoms with E-state index in [2.05, 4.69) is 29.2 Å². The van der Waals surface area contributed by atoms with Gasteiger partial charge in [0, 0.05) is 12.6 Å². The average molecular weight is 236 g/mol. The van der Waals surface area contributed by atoms with Crippen LogP contribution in [0.3, 0.4) is 0 Å². The molecular weight excluding hydrogens is 220 g/mol. The molecule has 1 aromatic rings. The SMILES string of the molecule is CC1CCN(c2snc(N)c2C#N)C(C)C1. The van der Waals surface area contributed by atoms with E-state index in [1.165, 1.54) is 24.4 Å². The molecule has 2 rings (SSSR count). The normalized spacial score (nSPS) is 25.4. The van der Waals surface area contributed by atoms with Crippen molar-refractivity contribution in [3.8, 4) is 6.07 Å². The first kappa shape index (κ1) is 11.2. The highest BCUT2D eigenvalue weighted by Gasteiger charge is 2.27. The largest absolute Gasteiger partial charge is 0.382 e. The Morgan fingerprint density at radius 1 is 1.56 bits per heavy atom.